The van der Waals surface area contributed by atoms with Crippen molar-refractivity contribution < 1.29 is 34.4 Å². The van der Waals surface area contributed by atoms with Crippen molar-refractivity contribution in [3.63, 3.8) is 0 Å². The van der Waals surface area contributed by atoms with Crippen molar-refractivity contribution in [1.29, 1.82) is 5.26 Å². The highest BCUT2D eigenvalue weighted by molar-refractivity contribution is 6.30. The number of nitriles is 1. The largest absolute Gasteiger partial charge is 0.508 e. The van der Waals surface area contributed by atoms with Crippen LogP contribution < -0.4 is 21.3 Å². The number of aromatic hydroxyl groups is 1. The fraction of sp³-hybridized carbons (Fsp3) is 0.393. The Morgan fingerprint density at radius 1 is 1.19 bits per heavy atom. The van der Waals surface area contributed by atoms with Gasteiger partial charge in [0, 0.05) is 42.1 Å². The highest BCUT2D eigenvalue weighted by Crippen LogP contribution is 2.37. The number of ether oxygens (including phenoxy) is 1. The molecule has 2 amide bonds. The van der Waals surface area contributed by atoms with E-state index in [1.165, 1.54) is 24.3 Å². The van der Waals surface area contributed by atoms with Crippen LogP contribution in [0.1, 0.15) is 46.8 Å². The van der Waals surface area contributed by atoms with E-state index in [0.29, 0.717) is 60.4 Å². The van der Waals surface area contributed by atoms with Crippen molar-refractivity contribution in [2.24, 2.45) is 4.99 Å². The lowest BCUT2D eigenvalue weighted by Gasteiger charge is -2.32. The number of nitrogens with zero attached hydrogens (tertiary/aromatic N) is 2. The van der Waals surface area contributed by atoms with E-state index >= 15 is 0 Å². The molecule has 2 aromatic rings. The molecule has 13 nitrogen and oxygen atoms in total. The summed E-state index contributed by atoms with van der Waals surface area (Å²) in [7, 11) is 0. The normalized spacial score (nSPS) is 18.4. The van der Waals surface area contributed by atoms with Gasteiger partial charge in [0.2, 0.25) is 5.91 Å². The zero-order valence-electron chi connectivity index (χ0n) is 22.5. The molecule has 0 aromatic heterocycles. The minimum atomic E-state index is -1.17. The number of aliphatic imine (C=N–C) groups is 1. The van der Waals surface area contributed by atoms with Crippen LogP contribution in [0, 0.1) is 11.3 Å². The van der Waals surface area contributed by atoms with Gasteiger partial charge in [-0.05, 0) is 48.2 Å². The summed E-state index contributed by atoms with van der Waals surface area (Å²) in [4.78, 5) is 41.4. The van der Waals surface area contributed by atoms with Crippen molar-refractivity contribution in [3.05, 3.63) is 58.1 Å². The Hall–Kier alpha value is -4.38. The predicted molar refractivity (Wildman–Crippen MR) is 152 cm³/mol. The first-order valence-electron chi connectivity index (χ1n) is 13.2. The number of anilines is 1. The first-order chi connectivity index (χ1) is 20.1. The van der Waals surface area contributed by atoms with E-state index in [-0.39, 0.29) is 17.9 Å². The number of hydrogen-bond donors (Lipinski definition) is 7. The number of aliphatic carboxylic acids is 1. The standard InChI is InChI=1S/C28H31ClN6O7/c29-19-6-16(5-18(9-19)28(15-30)1-3-42-4-2-28)23(11-25(39)40)35-24(38)14-31-26(41)17-7-20(10-21(36)8-17)34-27-32-12-22(37)13-33-27/h5-10,22-23,36-37H,1-4,11-14H2,(H,31,41)(H,35,38)(H,39,40)(H2,32,33,34). The number of carbonyl (C=O) groups is 3. The number of hydrogen-bond acceptors (Lipinski definition) is 10. The van der Waals surface area contributed by atoms with Crippen molar-refractivity contribution in [1.82, 2.24) is 16.0 Å². The van der Waals surface area contributed by atoms with Crippen LogP contribution in [0.15, 0.2) is 41.4 Å². The summed E-state index contributed by atoms with van der Waals surface area (Å²) < 4.78 is 5.40. The van der Waals surface area contributed by atoms with Gasteiger partial charge >= 0.3 is 5.97 Å². The SMILES string of the molecule is N#CC1(c2cc(Cl)cc(C(CC(=O)O)NC(=O)CNC(=O)c3cc(O)cc(NC4=NCC(O)CN4)c3)c2)CCOCC1. The Morgan fingerprint density at radius 3 is 2.62 bits per heavy atom. The Kier molecular flexibility index (Phi) is 9.84. The molecule has 0 aliphatic carbocycles. The molecule has 7 N–H and O–H groups in total. The van der Waals surface area contributed by atoms with Gasteiger partial charge in [-0.1, -0.05) is 17.7 Å². The van der Waals surface area contributed by atoms with Crippen LogP contribution in [0.4, 0.5) is 5.69 Å². The number of carbonyl (C=O) groups excluding carboxylic acids is 2. The Morgan fingerprint density at radius 2 is 1.95 bits per heavy atom. The molecule has 0 spiro atoms. The molecule has 2 atom stereocenters. The maximum absolute atomic E-state index is 12.8. The number of carboxylic acids is 1. The van der Waals surface area contributed by atoms with Gasteiger partial charge in [0.05, 0.1) is 43.1 Å². The Labute approximate surface area is 246 Å². The van der Waals surface area contributed by atoms with Crippen LogP contribution in [0.2, 0.25) is 5.02 Å². The van der Waals surface area contributed by atoms with E-state index in [4.69, 9.17) is 16.3 Å². The number of amides is 2. The lowest BCUT2D eigenvalue weighted by Crippen LogP contribution is -2.42. The van der Waals surface area contributed by atoms with Crippen LogP contribution in [0.25, 0.3) is 0 Å². The summed E-state index contributed by atoms with van der Waals surface area (Å²) in [5.41, 5.74) is 0.593. The molecule has 42 heavy (non-hydrogen) atoms. The second-order valence-corrected chi connectivity index (χ2v) is 10.5. The third-order valence-electron chi connectivity index (χ3n) is 6.97. The number of guanidine groups is 1. The summed E-state index contributed by atoms with van der Waals surface area (Å²) in [6.07, 6.45) is -0.167. The number of carboxylic acid groups (broad SMARTS) is 1. The molecule has 0 radical (unpaired) electrons. The van der Waals surface area contributed by atoms with Gasteiger partial charge in [0.15, 0.2) is 5.96 Å². The molecule has 2 heterocycles. The Bertz CT molecular complexity index is 1420. The number of nitrogens with one attached hydrogen (secondary N) is 4. The molecule has 0 bridgehead atoms. The molecule has 1 saturated heterocycles. The smallest absolute Gasteiger partial charge is 0.305 e. The summed E-state index contributed by atoms with van der Waals surface area (Å²) in [6.45, 7) is 0.811. The molecule has 2 aliphatic rings. The number of β-amino-alcohol motifs (C(OH)–C–C–N with tert-alkyl or cyclic N) is 1. The highest BCUT2D eigenvalue weighted by atomic mass is 35.5. The molecule has 0 saturated carbocycles. The molecule has 4 rings (SSSR count). The average molecular weight is 599 g/mol. The summed E-state index contributed by atoms with van der Waals surface area (Å²) >= 11 is 6.36. The maximum Gasteiger partial charge on any atom is 0.305 e. The molecular weight excluding hydrogens is 568 g/mol. The van der Waals surface area contributed by atoms with E-state index in [9.17, 15) is 35.0 Å². The molecular formula is C28H31ClN6O7. The first kappa shape index (κ1) is 30.6. The van der Waals surface area contributed by atoms with Crippen LogP contribution in [0.5, 0.6) is 5.75 Å². The number of benzene rings is 2. The predicted octanol–water partition coefficient (Wildman–Crippen LogP) is 1.41. The lowest BCUT2D eigenvalue weighted by atomic mass is 9.75. The number of rotatable bonds is 9. The summed E-state index contributed by atoms with van der Waals surface area (Å²) in [6, 6.07) is 10.3. The minimum Gasteiger partial charge on any atom is -0.508 e. The van der Waals surface area contributed by atoms with Crippen LogP contribution in [0.3, 0.4) is 0 Å². The lowest BCUT2D eigenvalue weighted by molar-refractivity contribution is -0.137. The highest BCUT2D eigenvalue weighted by Gasteiger charge is 2.35. The number of halogens is 1. The Balaban J connectivity index is 1.44. The second-order valence-electron chi connectivity index (χ2n) is 10.1. The zero-order valence-corrected chi connectivity index (χ0v) is 23.3. The number of aliphatic hydroxyl groups is 1. The van der Waals surface area contributed by atoms with Gasteiger partial charge in [-0.25, -0.2) is 0 Å². The van der Waals surface area contributed by atoms with Gasteiger partial charge < -0.3 is 41.3 Å². The summed E-state index contributed by atoms with van der Waals surface area (Å²) in [5.74, 6) is -2.33. The van der Waals surface area contributed by atoms with Crippen LogP contribution in [-0.2, 0) is 19.7 Å². The fourth-order valence-corrected chi connectivity index (χ4v) is 5.02. The minimum absolute atomic E-state index is 0.0570. The quantitative estimate of drug-likeness (QED) is 0.221. The van der Waals surface area contributed by atoms with Gasteiger partial charge in [-0.3, -0.25) is 19.4 Å². The van der Waals surface area contributed by atoms with E-state index in [2.05, 4.69) is 32.3 Å². The van der Waals surface area contributed by atoms with E-state index < -0.39 is 48.3 Å². The molecule has 14 heteroatoms. The molecule has 2 aliphatic heterocycles. The van der Waals surface area contributed by atoms with Crippen molar-refractivity contribution in [2.45, 2.75) is 36.8 Å². The average Bonchev–Trinajstić information content (AvgIpc) is 2.96. The van der Waals surface area contributed by atoms with Gasteiger partial charge in [-0.15, -0.1) is 0 Å². The molecule has 222 valence electrons. The number of phenolic OH excluding ortho intramolecular Hbond substituents is 1. The van der Waals surface area contributed by atoms with Gasteiger partial charge in [0.1, 0.15) is 5.75 Å². The maximum atomic E-state index is 12.8. The van der Waals surface area contributed by atoms with Crippen molar-refractivity contribution in [3.8, 4) is 11.8 Å². The fourth-order valence-electron chi connectivity index (χ4n) is 4.78. The van der Waals surface area contributed by atoms with Gasteiger partial charge in [0.25, 0.3) is 5.91 Å². The molecule has 2 aromatic carbocycles. The molecule has 2 unspecified atom stereocenters. The molecule has 1 fully saturated rings. The van der Waals surface area contributed by atoms with Crippen LogP contribution in [-0.4, -0.2) is 78.0 Å². The number of phenols is 1. The summed E-state index contributed by atoms with van der Waals surface area (Å²) in [5, 5.41) is 50.3. The van der Waals surface area contributed by atoms with E-state index in [1.807, 2.05) is 0 Å². The zero-order chi connectivity index (χ0) is 30.3. The second kappa shape index (κ2) is 13.5. The van der Waals surface area contributed by atoms with E-state index in [1.54, 1.807) is 12.1 Å². The van der Waals surface area contributed by atoms with Crippen LogP contribution >= 0.6 is 11.6 Å². The third kappa shape index (κ3) is 7.88. The van der Waals surface area contributed by atoms with Crippen molar-refractivity contribution >= 4 is 41.0 Å². The monoisotopic (exact) mass is 598 g/mol. The van der Waals surface area contributed by atoms with Gasteiger partial charge in [-0.2, -0.15) is 5.26 Å². The topological polar surface area (TPSA) is 205 Å². The number of aliphatic hydroxyl groups excluding tert-OH is 1. The third-order valence-corrected chi connectivity index (χ3v) is 7.19. The van der Waals surface area contributed by atoms with E-state index in [0.717, 1.165) is 0 Å². The van der Waals surface area contributed by atoms with Crippen molar-refractivity contribution in [2.75, 3.05) is 38.2 Å². The first-order valence-corrected chi connectivity index (χ1v) is 13.6.